The molecule has 3 nitrogen and oxygen atoms in total. The first-order valence-electron chi connectivity index (χ1n) is 4.90. The lowest BCUT2D eigenvalue weighted by Crippen LogP contribution is -2.34. The SMILES string of the molecule is CC(=O)N1CCc2cc(N)c(Cl)cc2C1. The Kier molecular flexibility index (Phi) is 2.57. The largest absolute Gasteiger partial charge is 0.398 e. The molecule has 1 aliphatic heterocycles. The number of rotatable bonds is 0. The second kappa shape index (κ2) is 3.74. The van der Waals surface area contributed by atoms with E-state index in [1.165, 1.54) is 5.56 Å². The average Bonchev–Trinajstić information content (AvgIpc) is 2.19. The number of nitrogens with two attached hydrogens (primary N) is 1. The molecule has 2 N–H and O–H groups in total. The average molecular weight is 225 g/mol. The van der Waals surface area contributed by atoms with Crippen molar-refractivity contribution < 1.29 is 4.79 Å². The summed E-state index contributed by atoms with van der Waals surface area (Å²) in [6.45, 7) is 3.00. The van der Waals surface area contributed by atoms with E-state index >= 15 is 0 Å². The summed E-state index contributed by atoms with van der Waals surface area (Å²) in [6.07, 6.45) is 0.857. The minimum atomic E-state index is 0.105. The van der Waals surface area contributed by atoms with Gasteiger partial charge < -0.3 is 10.6 Å². The summed E-state index contributed by atoms with van der Waals surface area (Å²) < 4.78 is 0. The summed E-state index contributed by atoms with van der Waals surface area (Å²) in [7, 11) is 0. The highest BCUT2D eigenvalue weighted by Gasteiger charge is 2.18. The molecule has 15 heavy (non-hydrogen) atoms. The normalized spacial score (nSPS) is 14.9. The van der Waals surface area contributed by atoms with Gasteiger partial charge in [0.05, 0.1) is 10.7 Å². The molecule has 0 fully saturated rings. The van der Waals surface area contributed by atoms with Crippen LogP contribution in [0.15, 0.2) is 12.1 Å². The number of benzene rings is 1. The number of carbonyl (C=O) groups excluding carboxylic acids is 1. The van der Waals surface area contributed by atoms with Gasteiger partial charge in [-0.3, -0.25) is 4.79 Å². The number of anilines is 1. The predicted molar refractivity (Wildman–Crippen MR) is 60.7 cm³/mol. The fraction of sp³-hybridized carbons (Fsp3) is 0.364. The van der Waals surface area contributed by atoms with Crippen LogP contribution >= 0.6 is 11.6 Å². The first-order valence-corrected chi connectivity index (χ1v) is 5.28. The van der Waals surface area contributed by atoms with Crippen molar-refractivity contribution in [1.82, 2.24) is 4.90 Å². The molecule has 80 valence electrons. The Morgan fingerprint density at radius 3 is 2.87 bits per heavy atom. The van der Waals surface area contributed by atoms with E-state index in [1.807, 2.05) is 17.0 Å². The highest BCUT2D eigenvalue weighted by molar-refractivity contribution is 6.33. The van der Waals surface area contributed by atoms with Crippen molar-refractivity contribution in [1.29, 1.82) is 0 Å². The molecule has 0 saturated carbocycles. The lowest BCUT2D eigenvalue weighted by Gasteiger charge is -2.28. The van der Waals surface area contributed by atoms with Crippen LogP contribution in [0.3, 0.4) is 0 Å². The van der Waals surface area contributed by atoms with Gasteiger partial charge in [-0.1, -0.05) is 11.6 Å². The molecule has 0 unspecified atom stereocenters. The molecule has 1 aromatic carbocycles. The molecule has 4 heteroatoms. The zero-order valence-corrected chi connectivity index (χ0v) is 9.34. The van der Waals surface area contributed by atoms with Crippen molar-refractivity contribution in [2.24, 2.45) is 0 Å². The maximum atomic E-state index is 11.2. The van der Waals surface area contributed by atoms with E-state index in [0.29, 0.717) is 17.3 Å². The van der Waals surface area contributed by atoms with Gasteiger partial charge in [-0.15, -0.1) is 0 Å². The van der Waals surface area contributed by atoms with E-state index in [1.54, 1.807) is 6.92 Å². The number of hydrogen-bond acceptors (Lipinski definition) is 2. The Hall–Kier alpha value is -1.22. The summed E-state index contributed by atoms with van der Waals surface area (Å²) in [5.41, 5.74) is 8.65. The van der Waals surface area contributed by atoms with Gasteiger partial charge in [0.1, 0.15) is 0 Å². The third-order valence-electron chi connectivity index (χ3n) is 2.78. The molecule has 2 rings (SSSR count). The Labute approximate surface area is 93.8 Å². The van der Waals surface area contributed by atoms with Crippen molar-refractivity contribution in [3.8, 4) is 0 Å². The van der Waals surface area contributed by atoms with Crippen LogP contribution in [-0.2, 0) is 17.8 Å². The quantitative estimate of drug-likeness (QED) is 0.684. The van der Waals surface area contributed by atoms with E-state index in [4.69, 9.17) is 17.3 Å². The van der Waals surface area contributed by atoms with Crippen molar-refractivity contribution in [2.75, 3.05) is 12.3 Å². The van der Waals surface area contributed by atoms with E-state index in [2.05, 4.69) is 0 Å². The molecule has 0 spiro atoms. The molecular formula is C11H13ClN2O. The van der Waals surface area contributed by atoms with Gasteiger partial charge >= 0.3 is 0 Å². The van der Waals surface area contributed by atoms with Crippen LogP contribution < -0.4 is 5.73 Å². The summed E-state index contributed by atoms with van der Waals surface area (Å²) in [4.78, 5) is 13.0. The molecule has 0 bridgehead atoms. The van der Waals surface area contributed by atoms with E-state index < -0.39 is 0 Å². The minimum absolute atomic E-state index is 0.105. The number of nitrogens with zero attached hydrogens (tertiary/aromatic N) is 1. The highest BCUT2D eigenvalue weighted by Crippen LogP contribution is 2.27. The fourth-order valence-corrected chi connectivity index (χ4v) is 2.05. The van der Waals surface area contributed by atoms with Crippen LogP contribution in [-0.4, -0.2) is 17.4 Å². The van der Waals surface area contributed by atoms with Crippen molar-refractivity contribution in [2.45, 2.75) is 19.9 Å². The standard InChI is InChI=1S/C11H13ClN2O/c1-7(15)14-3-2-8-5-11(13)10(12)4-9(8)6-14/h4-5H,2-3,6,13H2,1H3. The van der Waals surface area contributed by atoms with Gasteiger partial charge in [0.2, 0.25) is 5.91 Å². The first kappa shape index (κ1) is 10.3. The number of fused-ring (bicyclic) bond motifs is 1. The van der Waals surface area contributed by atoms with Gasteiger partial charge in [-0.05, 0) is 29.7 Å². The van der Waals surface area contributed by atoms with E-state index in [-0.39, 0.29) is 5.91 Å². The van der Waals surface area contributed by atoms with Crippen molar-refractivity contribution in [3.63, 3.8) is 0 Å². The predicted octanol–water partition coefficient (Wildman–Crippen LogP) is 1.83. The fourth-order valence-electron chi connectivity index (χ4n) is 1.87. The summed E-state index contributed by atoms with van der Waals surface area (Å²) in [5.74, 6) is 0.105. The molecule has 0 saturated heterocycles. The van der Waals surface area contributed by atoms with Crippen LogP contribution in [0.25, 0.3) is 0 Å². The second-order valence-corrected chi connectivity index (χ2v) is 4.24. The van der Waals surface area contributed by atoms with Crippen LogP contribution in [0.2, 0.25) is 5.02 Å². The molecule has 0 radical (unpaired) electrons. The molecule has 1 amide bonds. The van der Waals surface area contributed by atoms with E-state index in [0.717, 1.165) is 18.5 Å². The van der Waals surface area contributed by atoms with Crippen LogP contribution in [0.1, 0.15) is 18.1 Å². The number of carbonyl (C=O) groups is 1. The number of halogens is 1. The van der Waals surface area contributed by atoms with Crippen LogP contribution in [0.5, 0.6) is 0 Å². The lowest BCUT2D eigenvalue weighted by molar-refractivity contribution is -0.129. The summed E-state index contributed by atoms with van der Waals surface area (Å²) in [6, 6.07) is 3.77. The van der Waals surface area contributed by atoms with Crippen molar-refractivity contribution in [3.05, 3.63) is 28.3 Å². The third kappa shape index (κ3) is 1.92. The first-order chi connectivity index (χ1) is 7.08. The maximum absolute atomic E-state index is 11.2. The van der Waals surface area contributed by atoms with Gasteiger partial charge in [0.15, 0.2) is 0 Å². The number of hydrogen-bond donors (Lipinski definition) is 1. The Bertz CT molecular complexity index is 417. The molecule has 0 aliphatic carbocycles. The van der Waals surface area contributed by atoms with Gasteiger partial charge in [0.25, 0.3) is 0 Å². The minimum Gasteiger partial charge on any atom is -0.398 e. The molecule has 0 atom stereocenters. The molecule has 0 aromatic heterocycles. The summed E-state index contributed by atoms with van der Waals surface area (Å²) >= 11 is 5.94. The molecular weight excluding hydrogens is 212 g/mol. The highest BCUT2D eigenvalue weighted by atomic mass is 35.5. The summed E-state index contributed by atoms with van der Waals surface area (Å²) in [5, 5.41) is 0.569. The van der Waals surface area contributed by atoms with E-state index in [9.17, 15) is 4.79 Å². The van der Waals surface area contributed by atoms with Gasteiger partial charge in [-0.25, -0.2) is 0 Å². The molecule has 1 heterocycles. The Balaban J connectivity index is 2.34. The molecule has 1 aliphatic rings. The third-order valence-corrected chi connectivity index (χ3v) is 3.10. The van der Waals surface area contributed by atoms with Gasteiger partial charge in [0, 0.05) is 20.0 Å². The number of nitrogen functional groups attached to an aromatic ring is 1. The van der Waals surface area contributed by atoms with Crippen LogP contribution in [0, 0.1) is 0 Å². The van der Waals surface area contributed by atoms with Gasteiger partial charge in [-0.2, -0.15) is 0 Å². The topological polar surface area (TPSA) is 46.3 Å². The number of amides is 1. The molecule has 1 aromatic rings. The Morgan fingerprint density at radius 1 is 1.47 bits per heavy atom. The van der Waals surface area contributed by atoms with Crippen LogP contribution in [0.4, 0.5) is 5.69 Å². The van der Waals surface area contributed by atoms with Crippen molar-refractivity contribution >= 4 is 23.2 Å². The Morgan fingerprint density at radius 2 is 2.20 bits per heavy atom. The smallest absolute Gasteiger partial charge is 0.219 e. The monoisotopic (exact) mass is 224 g/mol. The zero-order valence-electron chi connectivity index (χ0n) is 8.59. The lowest BCUT2D eigenvalue weighted by atomic mass is 9.99. The zero-order chi connectivity index (χ0) is 11.0. The maximum Gasteiger partial charge on any atom is 0.219 e. The second-order valence-electron chi connectivity index (χ2n) is 3.83.